The second kappa shape index (κ2) is 7.48. The van der Waals surface area contributed by atoms with E-state index in [9.17, 15) is 4.79 Å². The molecule has 112 valence electrons. The number of aliphatic carboxylic acids is 1. The van der Waals surface area contributed by atoms with E-state index in [-0.39, 0.29) is 0 Å². The predicted molar refractivity (Wildman–Crippen MR) is 86.2 cm³/mol. The molecular formula is C18H22O3. The highest BCUT2D eigenvalue weighted by Crippen LogP contribution is 2.22. The Morgan fingerprint density at radius 1 is 1.05 bits per heavy atom. The van der Waals surface area contributed by atoms with Gasteiger partial charge in [-0.2, -0.15) is 0 Å². The van der Waals surface area contributed by atoms with Crippen LogP contribution in [0.3, 0.4) is 0 Å². The van der Waals surface area contributed by atoms with Crippen LogP contribution in [0.2, 0.25) is 0 Å². The van der Waals surface area contributed by atoms with Crippen molar-refractivity contribution in [1.82, 2.24) is 0 Å². The molecule has 0 aliphatic carbocycles. The molecule has 0 saturated heterocycles. The highest BCUT2D eigenvalue weighted by Gasteiger charge is 2.07. The zero-order valence-electron chi connectivity index (χ0n) is 13.2. The minimum Gasteiger partial charge on any atom is -0.478 e. The van der Waals surface area contributed by atoms with Crippen molar-refractivity contribution in [2.75, 3.05) is 0 Å². The number of carboxylic acid groups (broad SMARTS) is 1. The van der Waals surface area contributed by atoms with Gasteiger partial charge in [0.2, 0.25) is 0 Å². The highest BCUT2D eigenvalue weighted by molar-refractivity contribution is 5.81. The Balaban J connectivity index is 2.79. The van der Waals surface area contributed by atoms with E-state index in [0.29, 0.717) is 5.57 Å². The first-order valence-electron chi connectivity index (χ1n) is 6.82. The summed E-state index contributed by atoms with van der Waals surface area (Å²) >= 11 is 0. The molecule has 1 rings (SSSR count). The first kappa shape index (κ1) is 16.8. The fourth-order valence-electron chi connectivity index (χ4n) is 1.92. The van der Waals surface area contributed by atoms with Crippen molar-refractivity contribution in [1.29, 1.82) is 0 Å². The number of rotatable bonds is 5. The number of furan rings is 1. The van der Waals surface area contributed by atoms with Gasteiger partial charge in [0.25, 0.3) is 0 Å². The van der Waals surface area contributed by atoms with Crippen molar-refractivity contribution < 1.29 is 14.3 Å². The molecule has 0 fully saturated rings. The van der Waals surface area contributed by atoms with Gasteiger partial charge in [0, 0.05) is 11.6 Å². The van der Waals surface area contributed by atoms with Crippen LogP contribution in [0.4, 0.5) is 0 Å². The number of hydrogen-bond acceptors (Lipinski definition) is 2. The number of hydrogen-bond donors (Lipinski definition) is 1. The zero-order valence-corrected chi connectivity index (χ0v) is 13.2. The van der Waals surface area contributed by atoms with E-state index in [4.69, 9.17) is 9.52 Å². The number of carbonyl (C=O) groups is 1. The molecule has 21 heavy (non-hydrogen) atoms. The highest BCUT2D eigenvalue weighted by atomic mass is 16.4. The topological polar surface area (TPSA) is 50.4 Å². The SMILES string of the molecule is CC(/C=C/c1c(C)oc(C)c1C)=C\C=C\C(C)=C\C(=O)O. The van der Waals surface area contributed by atoms with E-state index < -0.39 is 5.97 Å². The predicted octanol–water partition coefficient (Wildman–Crippen LogP) is 4.75. The number of carboxylic acids is 1. The monoisotopic (exact) mass is 286 g/mol. The molecule has 0 amide bonds. The van der Waals surface area contributed by atoms with Gasteiger partial charge < -0.3 is 9.52 Å². The quantitative estimate of drug-likeness (QED) is 0.627. The molecule has 0 radical (unpaired) electrons. The maximum absolute atomic E-state index is 10.5. The first-order valence-corrected chi connectivity index (χ1v) is 6.82. The van der Waals surface area contributed by atoms with E-state index in [2.05, 4.69) is 0 Å². The molecule has 0 unspecified atom stereocenters. The van der Waals surface area contributed by atoms with Crippen LogP contribution >= 0.6 is 0 Å². The van der Waals surface area contributed by atoms with Gasteiger partial charge in [-0.25, -0.2) is 4.79 Å². The Hall–Kier alpha value is -2.29. The van der Waals surface area contributed by atoms with Crippen LogP contribution in [0.1, 0.15) is 36.5 Å². The third kappa shape index (κ3) is 5.30. The molecule has 0 aliphatic rings. The van der Waals surface area contributed by atoms with E-state index in [1.807, 2.05) is 52.0 Å². The van der Waals surface area contributed by atoms with Gasteiger partial charge in [0.15, 0.2) is 0 Å². The largest absolute Gasteiger partial charge is 0.478 e. The van der Waals surface area contributed by atoms with Crippen LogP contribution in [-0.2, 0) is 4.79 Å². The second-order valence-corrected chi connectivity index (χ2v) is 5.08. The summed E-state index contributed by atoms with van der Waals surface area (Å²) in [5.74, 6) is 0.937. The lowest BCUT2D eigenvalue weighted by molar-refractivity contribution is -0.131. The maximum Gasteiger partial charge on any atom is 0.328 e. The van der Waals surface area contributed by atoms with Crippen molar-refractivity contribution >= 4 is 12.0 Å². The molecule has 0 aromatic carbocycles. The van der Waals surface area contributed by atoms with Gasteiger partial charge in [-0.3, -0.25) is 0 Å². The molecule has 0 spiro atoms. The van der Waals surface area contributed by atoms with Gasteiger partial charge in [0.1, 0.15) is 11.5 Å². The molecule has 0 bridgehead atoms. The Morgan fingerprint density at radius 3 is 2.24 bits per heavy atom. The van der Waals surface area contributed by atoms with Gasteiger partial charge in [0.05, 0.1) is 0 Å². The Bertz CT molecular complexity index is 638. The van der Waals surface area contributed by atoms with Crippen molar-refractivity contribution in [2.24, 2.45) is 0 Å². The normalized spacial score (nSPS) is 13.6. The van der Waals surface area contributed by atoms with Gasteiger partial charge >= 0.3 is 5.97 Å². The van der Waals surface area contributed by atoms with Gasteiger partial charge in [-0.1, -0.05) is 36.0 Å². The van der Waals surface area contributed by atoms with E-state index in [0.717, 1.165) is 28.2 Å². The lowest BCUT2D eigenvalue weighted by atomic mass is 10.1. The molecular weight excluding hydrogens is 264 g/mol. The smallest absolute Gasteiger partial charge is 0.328 e. The molecule has 3 nitrogen and oxygen atoms in total. The van der Waals surface area contributed by atoms with Crippen molar-refractivity contribution in [3.8, 4) is 0 Å². The lowest BCUT2D eigenvalue weighted by Crippen LogP contribution is -1.87. The minimum absolute atomic E-state index is 0.702. The summed E-state index contributed by atoms with van der Waals surface area (Å²) in [5.41, 5.74) is 4.05. The maximum atomic E-state index is 10.5. The van der Waals surface area contributed by atoms with Crippen LogP contribution in [0.25, 0.3) is 6.08 Å². The zero-order chi connectivity index (χ0) is 16.0. The van der Waals surface area contributed by atoms with E-state index in [1.54, 1.807) is 13.0 Å². The summed E-state index contributed by atoms with van der Waals surface area (Å²) in [7, 11) is 0. The molecule has 3 heteroatoms. The molecule has 0 saturated carbocycles. The minimum atomic E-state index is -0.931. The van der Waals surface area contributed by atoms with Crippen LogP contribution in [0.5, 0.6) is 0 Å². The second-order valence-electron chi connectivity index (χ2n) is 5.08. The number of allylic oxidation sites excluding steroid dienone is 6. The van der Waals surface area contributed by atoms with Gasteiger partial charge in [-0.05, 0) is 45.8 Å². The van der Waals surface area contributed by atoms with E-state index in [1.165, 1.54) is 6.08 Å². The summed E-state index contributed by atoms with van der Waals surface area (Å²) in [5, 5.41) is 8.61. The Labute approximate surface area is 126 Å². The summed E-state index contributed by atoms with van der Waals surface area (Å²) in [6.07, 6.45) is 10.8. The van der Waals surface area contributed by atoms with Crippen molar-refractivity contribution in [2.45, 2.75) is 34.6 Å². The molecule has 1 N–H and O–H groups in total. The van der Waals surface area contributed by atoms with Crippen LogP contribution in [0.15, 0.2) is 45.9 Å². The Morgan fingerprint density at radius 2 is 1.71 bits per heavy atom. The van der Waals surface area contributed by atoms with Crippen molar-refractivity contribution in [3.05, 3.63) is 64.2 Å². The third-order valence-electron chi connectivity index (χ3n) is 3.20. The Kier molecular flexibility index (Phi) is 5.97. The standard InChI is InChI=1S/C18H22O3/c1-12(7-6-8-13(2)11-18(19)20)9-10-17-14(3)15(4)21-16(17)5/h6-11H,1-5H3,(H,19,20)/b8-6+,10-9+,12-7+,13-11+. The lowest BCUT2D eigenvalue weighted by Gasteiger charge is -1.93. The van der Waals surface area contributed by atoms with Crippen LogP contribution in [-0.4, -0.2) is 11.1 Å². The summed E-state index contributed by atoms with van der Waals surface area (Å²) in [6, 6.07) is 0. The van der Waals surface area contributed by atoms with Crippen LogP contribution in [0, 0.1) is 20.8 Å². The summed E-state index contributed by atoms with van der Waals surface area (Å²) < 4.78 is 5.58. The average Bonchev–Trinajstić information content (AvgIpc) is 2.60. The average molecular weight is 286 g/mol. The first-order chi connectivity index (χ1) is 9.81. The summed E-state index contributed by atoms with van der Waals surface area (Å²) in [6.45, 7) is 9.71. The molecule has 0 atom stereocenters. The fourth-order valence-corrected chi connectivity index (χ4v) is 1.92. The number of aryl methyl sites for hydroxylation is 2. The molecule has 1 heterocycles. The van der Waals surface area contributed by atoms with Gasteiger partial charge in [-0.15, -0.1) is 0 Å². The summed E-state index contributed by atoms with van der Waals surface area (Å²) in [4.78, 5) is 10.5. The molecule has 1 aromatic heterocycles. The fraction of sp³-hybridized carbons (Fsp3) is 0.278. The van der Waals surface area contributed by atoms with Crippen LogP contribution < -0.4 is 0 Å². The van der Waals surface area contributed by atoms with E-state index >= 15 is 0 Å². The molecule has 1 aromatic rings. The third-order valence-corrected chi connectivity index (χ3v) is 3.20. The molecule has 0 aliphatic heterocycles. The van der Waals surface area contributed by atoms with Crippen molar-refractivity contribution in [3.63, 3.8) is 0 Å².